The van der Waals surface area contributed by atoms with Gasteiger partial charge in [-0.2, -0.15) is 8.42 Å². The number of carbonyl (C=O) groups excluding carboxylic acids is 2. The Balaban J connectivity index is -0.000000228. The molecule has 26 heteroatoms. The number of nitrogens with two attached hydrogens (primary N) is 3. The zero-order valence-corrected chi connectivity index (χ0v) is 37.4. The molecule has 0 radical (unpaired) electrons. The van der Waals surface area contributed by atoms with Gasteiger partial charge in [-0.05, 0) is 57.2 Å². The van der Waals surface area contributed by atoms with E-state index in [1.807, 2.05) is 5.43 Å². The second-order valence-corrected chi connectivity index (χ2v) is 10.7. The quantitative estimate of drug-likeness (QED) is 0.0379. The number of carboxylic acid groups (broad SMARTS) is 1. The number of hydrogen-bond donors (Lipinski definition) is 9. The number of methoxy groups -OCH3 is 9. The third-order valence-corrected chi connectivity index (χ3v) is 6.15. The number of nitrogens with one attached hydrogen (secondary N) is 1. The van der Waals surface area contributed by atoms with Crippen LogP contribution in [0.1, 0.15) is 51.8 Å². The summed E-state index contributed by atoms with van der Waals surface area (Å²) in [5.41, 5.74) is 2.81. The third-order valence-electron chi connectivity index (χ3n) is 6.15. The molecule has 3 aromatic rings. The molecule has 0 aliphatic heterocycles. The molecule has 0 spiro atoms. The van der Waals surface area contributed by atoms with Crippen molar-refractivity contribution >= 4 is 28.2 Å². The molecule has 0 aromatic heterocycles. The van der Waals surface area contributed by atoms with Crippen molar-refractivity contribution in [3.63, 3.8) is 0 Å². The van der Waals surface area contributed by atoms with Crippen LogP contribution in [0.2, 0.25) is 0 Å². The number of esters is 1. The second kappa shape index (κ2) is 37.9. The van der Waals surface area contributed by atoms with Gasteiger partial charge in [0.1, 0.15) is 0 Å². The fraction of sp³-hybridized carbons (Fsp3) is 0.417. The third kappa shape index (κ3) is 25.5. The molecule has 358 valence electrons. The van der Waals surface area contributed by atoms with Gasteiger partial charge in [-0.1, -0.05) is 0 Å². The zero-order chi connectivity index (χ0) is 48.3. The van der Waals surface area contributed by atoms with E-state index in [1.165, 1.54) is 88.3 Å². The van der Waals surface area contributed by atoms with Gasteiger partial charge in [0, 0.05) is 18.8 Å². The van der Waals surface area contributed by atoms with Crippen LogP contribution in [0, 0.1) is 0 Å². The number of nitrogen functional groups attached to an aromatic ring is 1. The smallest absolute Gasteiger partial charge is 0.394 e. The summed E-state index contributed by atoms with van der Waals surface area (Å²) in [4.78, 5) is 33.8. The van der Waals surface area contributed by atoms with Crippen LogP contribution in [0.25, 0.3) is 0 Å². The van der Waals surface area contributed by atoms with Crippen LogP contribution < -0.4 is 65.6 Å². The largest absolute Gasteiger partial charge is 0.493 e. The molecule has 0 aliphatic carbocycles. The molecule has 0 aliphatic rings. The number of aliphatic hydroxyl groups is 2. The van der Waals surface area contributed by atoms with E-state index in [0.29, 0.717) is 69.5 Å². The number of aliphatic hydroxyl groups excluding tert-OH is 2. The number of benzene rings is 3. The van der Waals surface area contributed by atoms with Gasteiger partial charge < -0.3 is 68.2 Å². The molecule has 0 atom stereocenters. The Kier molecular flexibility index (Phi) is 39.7. The number of carbonyl (C=O) groups is 3. The molecule has 62 heavy (non-hydrogen) atoms. The minimum Gasteiger partial charge on any atom is -0.493 e. The molecule has 14 N–H and O–H groups in total. The standard InChI is InChI=1S/C12H16O5.C10H14N2O4.C10H12O5.2C2H6O.H4N2.H2O4S.H2O/c1-5-17-12(13)8-6-9(14-2)11(16-4)10(7-8)15-3;1-14-7-4-6(10(13)12-11)5-8(15-2)9(7)16-3;1-13-7-4-6(10(11)12)5-8(14-2)9(7)15-3;2*1-2-3;1-2;1-5(2,3)4;/h6-7H,5H2,1-4H3;4-5H,11H2,1-3H3,(H,12,13);4-5H,1-3H3,(H,11,12);2*3H,2H2,1H3;1-2H2;(H2,1,2,3,4);1H2. The van der Waals surface area contributed by atoms with E-state index in [-0.39, 0.29) is 24.3 Å². The van der Waals surface area contributed by atoms with Crippen LogP contribution in [0.4, 0.5) is 0 Å². The molecule has 3 rings (SSSR count). The van der Waals surface area contributed by atoms with E-state index in [1.54, 1.807) is 32.9 Å². The van der Waals surface area contributed by atoms with Crippen molar-refractivity contribution in [2.45, 2.75) is 20.8 Å². The van der Waals surface area contributed by atoms with Gasteiger partial charge in [0.05, 0.1) is 81.7 Å². The lowest BCUT2D eigenvalue weighted by molar-refractivity contribution is 0.0524. The minimum absolute atomic E-state index is 0. The monoisotopic (exact) mass is 918 g/mol. The molecule has 25 nitrogen and oxygen atoms in total. The maximum Gasteiger partial charge on any atom is 0.394 e. The zero-order valence-electron chi connectivity index (χ0n) is 36.6. The van der Waals surface area contributed by atoms with E-state index in [4.69, 9.17) is 86.1 Å². The predicted molar refractivity (Wildman–Crippen MR) is 225 cm³/mol. The molecule has 3 aromatic carbocycles. The van der Waals surface area contributed by atoms with Gasteiger partial charge in [-0.25, -0.2) is 15.4 Å². The number of aromatic carboxylic acids is 1. The molecule has 1 amide bonds. The average molecular weight is 919 g/mol. The van der Waals surface area contributed by atoms with Crippen LogP contribution in [0.15, 0.2) is 36.4 Å². The summed E-state index contributed by atoms with van der Waals surface area (Å²) in [6.45, 7) is 5.92. The Labute approximate surface area is 360 Å². The first-order chi connectivity index (χ1) is 28.8. The number of ether oxygens (including phenoxy) is 10. The van der Waals surface area contributed by atoms with Gasteiger partial charge in [-0.3, -0.25) is 31.0 Å². The molecule has 0 heterocycles. The highest BCUT2D eigenvalue weighted by molar-refractivity contribution is 7.79. The number of rotatable bonds is 13. The predicted octanol–water partition coefficient (Wildman–Crippen LogP) is 0.954. The van der Waals surface area contributed by atoms with Gasteiger partial charge in [0.25, 0.3) is 5.91 Å². The normalized spacial score (nSPS) is 9.02. The van der Waals surface area contributed by atoms with Gasteiger partial charge >= 0.3 is 22.3 Å². The molecule has 0 bridgehead atoms. The maximum atomic E-state index is 11.6. The van der Waals surface area contributed by atoms with Crippen LogP contribution in [0.3, 0.4) is 0 Å². The van der Waals surface area contributed by atoms with E-state index >= 15 is 0 Å². The highest BCUT2D eigenvalue weighted by atomic mass is 32.3. The fourth-order valence-electron chi connectivity index (χ4n) is 3.91. The van der Waals surface area contributed by atoms with E-state index in [9.17, 15) is 14.4 Å². The lowest BCUT2D eigenvalue weighted by Gasteiger charge is -2.13. The van der Waals surface area contributed by atoms with Crippen molar-refractivity contribution in [3.8, 4) is 51.7 Å². The highest BCUT2D eigenvalue weighted by Crippen LogP contribution is 2.40. The van der Waals surface area contributed by atoms with Crippen molar-refractivity contribution in [1.29, 1.82) is 0 Å². The Morgan fingerprint density at radius 1 is 0.548 bits per heavy atom. The van der Waals surface area contributed by atoms with Crippen LogP contribution in [-0.2, 0) is 15.1 Å². The highest BCUT2D eigenvalue weighted by Gasteiger charge is 2.19. The summed E-state index contributed by atoms with van der Waals surface area (Å²) in [7, 11) is 8.58. The molecular weight excluding hydrogens is 856 g/mol. The first-order valence-electron chi connectivity index (χ1n) is 16.9. The minimum atomic E-state index is -4.67. The summed E-state index contributed by atoms with van der Waals surface area (Å²) >= 11 is 0. The Bertz CT molecular complexity index is 1730. The summed E-state index contributed by atoms with van der Waals surface area (Å²) in [6, 6.07) is 8.90. The first-order valence-corrected chi connectivity index (χ1v) is 18.3. The van der Waals surface area contributed by atoms with Gasteiger partial charge in [0.2, 0.25) is 17.2 Å². The lowest BCUT2D eigenvalue weighted by Crippen LogP contribution is -2.30. The second-order valence-electron chi connectivity index (χ2n) is 9.82. The first kappa shape index (κ1) is 65.0. The summed E-state index contributed by atoms with van der Waals surface area (Å²) in [6.07, 6.45) is 0. The fourth-order valence-corrected chi connectivity index (χ4v) is 3.91. The molecule has 0 saturated heterocycles. The maximum absolute atomic E-state index is 11.6. The van der Waals surface area contributed by atoms with Crippen LogP contribution in [-0.4, -0.2) is 140 Å². The number of amides is 1. The van der Waals surface area contributed by atoms with E-state index < -0.39 is 28.2 Å². The van der Waals surface area contributed by atoms with Gasteiger partial charge in [0.15, 0.2) is 34.5 Å². The van der Waals surface area contributed by atoms with Crippen molar-refractivity contribution in [2.75, 3.05) is 83.8 Å². The topological polar surface area (TPSA) is 400 Å². The summed E-state index contributed by atoms with van der Waals surface area (Å²) in [5, 5.41) is 24.0. The Hall–Kier alpha value is -6.10. The van der Waals surface area contributed by atoms with Crippen LogP contribution in [0.5, 0.6) is 51.7 Å². The van der Waals surface area contributed by atoms with Crippen LogP contribution >= 0.6 is 0 Å². The lowest BCUT2D eigenvalue weighted by atomic mass is 10.1. The van der Waals surface area contributed by atoms with Gasteiger partial charge in [-0.15, -0.1) is 0 Å². The summed E-state index contributed by atoms with van der Waals surface area (Å²) < 4.78 is 82.3. The Morgan fingerprint density at radius 3 is 0.952 bits per heavy atom. The molecular formula is C36H62N4O21S. The number of hydrogen-bond acceptors (Lipinski definition) is 20. The molecule has 0 fully saturated rings. The van der Waals surface area contributed by atoms with Crippen molar-refractivity contribution in [3.05, 3.63) is 53.1 Å². The molecule has 0 saturated carbocycles. The SMILES string of the molecule is CCO.CCO.CCOC(=O)c1cc(OC)c(OC)c(OC)c1.COc1cc(C(=O)NN)cc(OC)c1OC.COc1cc(C(=O)O)cc(OC)c1OC.NN.O.O=S(=O)(O)O. The van der Waals surface area contributed by atoms with E-state index in [2.05, 4.69) is 11.7 Å². The van der Waals surface area contributed by atoms with Crippen molar-refractivity contribution < 1.29 is 100 Å². The number of hydrazine groups is 2. The average Bonchev–Trinajstić information content (AvgIpc) is 3.25. The van der Waals surface area contributed by atoms with E-state index in [0.717, 1.165) is 0 Å². The Morgan fingerprint density at radius 2 is 0.774 bits per heavy atom. The summed E-state index contributed by atoms with van der Waals surface area (Å²) in [5.74, 6) is 14.7. The van der Waals surface area contributed by atoms with Crippen molar-refractivity contribution in [1.82, 2.24) is 5.43 Å². The molecule has 0 unspecified atom stereocenters. The van der Waals surface area contributed by atoms with Crippen molar-refractivity contribution in [2.24, 2.45) is 17.5 Å². The number of carboxylic acids is 1.